The van der Waals surface area contributed by atoms with E-state index in [1.807, 2.05) is 48.5 Å². The summed E-state index contributed by atoms with van der Waals surface area (Å²) in [5.41, 5.74) is 3.34. The number of nitrogens with zero attached hydrogens (tertiary/aromatic N) is 4. The maximum atomic E-state index is 12.9. The second kappa shape index (κ2) is 8.77. The highest BCUT2D eigenvalue weighted by Crippen LogP contribution is 2.31. The van der Waals surface area contributed by atoms with Crippen LogP contribution in [-0.4, -0.2) is 29.0 Å². The van der Waals surface area contributed by atoms with E-state index in [9.17, 15) is 4.79 Å². The van der Waals surface area contributed by atoms with Crippen LogP contribution in [0.2, 0.25) is 0 Å². The summed E-state index contributed by atoms with van der Waals surface area (Å²) >= 11 is 1.65. The Morgan fingerprint density at radius 2 is 1.94 bits per heavy atom. The minimum Gasteiger partial charge on any atom is -0.357 e. The van der Waals surface area contributed by atoms with Gasteiger partial charge in [0.2, 0.25) is 5.91 Å². The third kappa shape index (κ3) is 4.18. The molecule has 0 bridgehead atoms. The second-order valence-corrected chi connectivity index (χ2v) is 8.87. The van der Waals surface area contributed by atoms with Crippen LogP contribution in [0.5, 0.6) is 0 Å². The Hall–Kier alpha value is -3.76. The second-order valence-electron chi connectivity index (χ2n) is 7.83. The average Bonchev–Trinajstić information content (AvgIpc) is 3.29. The molecule has 1 saturated heterocycles. The van der Waals surface area contributed by atoms with Crippen molar-refractivity contribution in [3.8, 4) is 16.6 Å². The van der Waals surface area contributed by atoms with Crippen molar-refractivity contribution in [2.24, 2.45) is 5.92 Å². The van der Waals surface area contributed by atoms with E-state index in [1.165, 1.54) is 0 Å². The number of thiazole rings is 1. The Morgan fingerprint density at radius 1 is 1.09 bits per heavy atom. The van der Waals surface area contributed by atoms with E-state index >= 15 is 0 Å². The van der Waals surface area contributed by atoms with Gasteiger partial charge in [-0.25, -0.2) is 9.97 Å². The van der Waals surface area contributed by atoms with Crippen LogP contribution in [-0.2, 0) is 4.79 Å². The third-order valence-electron chi connectivity index (χ3n) is 5.74. The minimum absolute atomic E-state index is 0.0317. The van der Waals surface area contributed by atoms with Gasteiger partial charge in [0.15, 0.2) is 0 Å². The number of aromatic nitrogens is 2. The standard InChI is InChI=1S/C25H21N5OS/c26-15-17-8-9-23(27-16-17)30-12-10-18(11-13-30)24(31)28-20-5-3-4-19(14-20)25-29-21-6-1-2-7-22(21)32-25/h1-9,14,16,18H,10-13H2,(H,28,31). The minimum atomic E-state index is -0.0317. The molecule has 6 nitrogen and oxygen atoms in total. The highest BCUT2D eigenvalue weighted by atomic mass is 32.1. The van der Waals surface area contributed by atoms with E-state index in [4.69, 9.17) is 10.2 Å². The summed E-state index contributed by atoms with van der Waals surface area (Å²) in [4.78, 5) is 24.1. The number of nitriles is 1. The molecule has 32 heavy (non-hydrogen) atoms. The number of benzene rings is 2. The molecule has 2 aromatic carbocycles. The van der Waals surface area contributed by atoms with Crippen molar-refractivity contribution in [3.63, 3.8) is 0 Å². The summed E-state index contributed by atoms with van der Waals surface area (Å²) < 4.78 is 1.15. The molecule has 0 unspecified atom stereocenters. The van der Waals surface area contributed by atoms with E-state index in [-0.39, 0.29) is 11.8 Å². The molecule has 4 aromatic rings. The Morgan fingerprint density at radius 3 is 2.69 bits per heavy atom. The molecule has 1 N–H and O–H groups in total. The summed E-state index contributed by atoms with van der Waals surface area (Å²) in [7, 11) is 0. The number of hydrogen-bond acceptors (Lipinski definition) is 6. The molecular weight excluding hydrogens is 418 g/mol. The fourth-order valence-electron chi connectivity index (χ4n) is 3.98. The van der Waals surface area contributed by atoms with E-state index in [2.05, 4.69) is 27.3 Å². The summed E-state index contributed by atoms with van der Waals surface area (Å²) in [5.74, 6) is 0.876. The smallest absolute Gasteiger partial charge is 0.227 e. The molecule has 2 aromatic heterocycles. The fraction of sp³-hybridized carbons (Fsp3) is 0.200. The van der Waals surface area contributed by atoms with Gasteiger partial charge in [0.25, 0.3) is 0 Å². The maximum Gasteiger partial charge on any atom is 0.227 e. The van der Waals surface area contributed by atoms with Gasteiger partial charge in [-0.2, -0.15) is 5.26 Å². The monoisotopic (exact) mass is 439 g/mol. The van der Waals surface area contributed by atoms with Crippen molar-refractivity contribution in [3.05, 3.63) is 72.4 Å². The van der Waals surface area contributed by atoms with Crippen LogP contribution in [0, 0.1) is 17.2 Å². The maximum absolute atomic E-state index is 12.9. The number of anilines is 2. The lowest BCUT2D eigenvalue weighted by Gasteiger charge is -2.32. The fourth-order valence-corrected chi connectivity index (χ4v) is 4.94. The van der Waals surface area contributed by atoms with E-state index < -0.39 is 0 Å². The van der Waals surface area contributed by atoms with Crippen LogP contribution in [0.15, 0.2) is 66.9 Å². The zero-order chi connectivity index (χ0) is 21.9. The van der Waals surface area contributed by atoms with Crippen LogP contribution in [0.4, 0.5) is 11.5 Å². The summed E-state index contributed by atoms with van der Waals surface area (Å²) in [6.45, 7) is 1.53. The van der Waals surface area contributed by atoms with Gasteiger partial charge in [-0.1, -0.05) is 24.3 Å². The van der Waals surface area contributed by atoms with Gasteiger partial charge < -0.3 is 10.2 Å². The topological polar surface area (TPSA) is 81.9 Å². The molecule has 0 saturated carbocycles. The average molecular weight is 440 g/mol. The first-order valence-corrected chi connectivity index (χ1v) is 11.4. The molecule has 1 fully saturated rings. The first kappa shape index (κ1) is 20.2. The Balaban J connectivity index is 1.23. The molecule has 0 atom stereocenters. The van der Waals surface area contributed by atoms with Crippen molar-refractivity contribution >= 4 is 39.0 Å². The number of fused-ring (bicyclic) bond motifs is 1. The Kier molecular flexibility index (Phi) is 5.53. The Labute approximate surface area is 190 Å². The van der Waals surface area contributed by atoms with E-state index in [1.54, 1.807) is 23.6 Å². The van der Waals surface area contributed by atoms with Crippen molar-refractivity contribution in [2.75, 3.05) is 23.3 Å². The van der Waals surface area contributed by atoms with Gasteiger partial charge in [0.1, 0.15) is 16.9 Å². The molecule has 158 valence electrons. The SMILES string of the molecule is N#Cc1ccc(N2CCC(C(=O)Nc3cccc(-c4nc5ccccc5s4)c3)CC2)nc1. The first-order chi connectivity index (χ1) is 15.7. The zero-order valence-electron chi connectivity index (χ0n) is 17.4. The molecule has 0 aliphatic carbocycles. The number of amides is 1. The molecule has 1 aliphatic heterocycles. The number of rotatable bonds is 4. The van der Waals surface area contributed by atoms with E-state index in [0.717, 1.165) is 58.2 Å². The Bertz CT molecular complexity index is 1270. The normalized spacial score (nSPS) is 14.3. The number of hydrogen-bond donors (Lipinski definition) is 1. The van der Waals surface area contributed by atoms with Crippen LogP contribution in [0.3, 0.4) is 0 Å². The number of nitrogens with one attached hydrogen (secondary N) is 1. The lowest BCUT2D eigenvalue weighted by molar-refractivity contribution is -0.120. The van der Waals surface area contributed by atoms with Gasteiger partial charge in [-0.05, 0) is 49.2 Å². The third-order valence-corrected chi connectivity index (χ3v) is 6.82. The number of pyridine rings is 1. The highest BCUT2D eigenvalue weighted by Gasteiger charge is 2.25. The molecule has 5 rings (SSSR count). The zero-order valence-corrected chi connectivity index (χ0v) is 18.2. The highest BCUT2D eigenvalue weighted by molar-refractivity contribution is 7.21. The van der Waals surface area contributed by atoms with Crippen LogP contribution in [0.1, 0.15) is 18.4 Å². The largest absolute Gasteiger partial charge is 0.357 e. The van der Waals surface area contributed by atoms with Gasteiger partial charge in [-0.3, -0.25) is 4.79 Å². The van der Waals surface area contributed by atoms with Gasteiger partial charge >= 0.3 is 0 Å². The summed E-state index contributed by atoms with van der Waals surface area (Å²) in [6, 6.07) is 21.7. The molecular formula is C25H21N5OS. The lowest BCUT2D eigenvalue weighted by Crippen LogP contribution is -2.38. The van der Waals surface area contributed by atoms with Crippen LogP contribution >= 0.6 is 11.3 Å². The quantitative estimate of drug-likeness (QED) is 0.479. The van der Waals surface area contributed by atoms with Crippen molar-refractivity contribution in [1.29, 1.82) is 5.26 Å². The molecule has 0 radical (unpaired) electrons. The summed E-state index contributed by atoms with van der Waals surface area (Å²) in [5, 5.41) is 13.0. The van der Waals surface area contributed by atoms with Gasteiger partial charge in [-0.15, -0.1) is 11.3 Å². The van der Waals surface area contributed by atoms with Crippen LogP contribution < -0.4 is 10.2 Å². The molecule has 1 amide bonds. The summed E-state index contributed by atoms with van der Waals surface area (Å²) in [6.07, 6.45) is 3.13. The number of carbonyl (C=O) groups excluding carboxylic acids is 1. The van der Waals surface area contributed by atoms with Crippen LogP contribution in [0.25, 0.3) is 20.8 Å². The van der Waals surface area contributed by atoms with Crippen molar-refractivity contribution in [2.45, 2.75) is 12.8 Å². The first-order valence-electron chi connectivity index (χ1n) is 10.6. The number of para-hydroxylation sites is 1. The van der Waals surface area contributed by atoms with Gasteiger partial charge in [0, 0.05) is 36.5 Å². The number of piperidine rings is 1. The molecule has 3 heterocycles. The van der Waals surface area contributed by atoms with Crippen molar-refractivity contribution in [1.82, 2.24) is 9.97 Å². The van der Waals surface area contributed by atoms with Gasteiger partial charge in [0.05, 0.1) is 15.8 Å². The number of carbonyl (C=O) groups is 1. The molecule has 0 spiro atoms. The lowest BCUT2D eigenvalue weighted by atomic mass is 9.95. The predicted molar refractivity (Wildman–Crippen MR) is 128 cm³/mol. The van der Waals surface area contributed by atoms with Crippen molar-refractivity contribution < 1.29 is 4.79 Å². The molecule has 1 aliphatic rings. The molecule has 7 heteroatoms. The predicted octanol–water partition coefficient (Wildman–Crippen LogP) is 5.09. The van der Waals surface area contributed by atoms with E-state index in [0.29, 0.717) is 5.56 Å².